The lowest BCUT2D eigenvalue weighted by atomic mass is 9.60. The number of ether oxygens (including phenoxy) is 2. The normalized spacial score (nSPS) is 28.3. The number of phenolic OH excluding ortho intramolecular Hbond substituents is 1. The number of cyclic esters (lactones) is 1. The monoisotopic (exact) mass is 741 g/mol. The molecule has 54 heavy (non-hydrogen) atoms. The summed E-state index contributed by atoms with van der Waals surface area (Å²) in [5.74, 6) is 4.50. The van der Waals surface area contributed by atoms with Crippen LogP contribution in [0, 0.1) is 23.7 Å². The zero-order valence-corrected chi connectivity index (χ0v) is 31.8. The number of ketones is 1. The molecule has 2 aliphatic heterocycles. The van der Waals surface area contributed by atoms with Crippen molar-refractivity contribution < 1.29 is 44.3 Å². The topological polar surface area (TPSA) is 163 Å². The molecule has 2 saturated carbocycles. The van der Waals surface area contributed by atoms with Gasteiger partial charge in [0, 0.05) is 54.6 Å². The third-order valence-corrected chi connectivity index (χ3v) is 12.0. The van der Waals surface area contributed by atoms with Crippen molar-refractivity contribution in [1.82, 2.24) is 0 Å². The van der Waals surface area contributed by atoms with Crippen LogP contribution in [0.1, 0.15) is 131 Å². The molecule has 0 spiro atoms. The Morgan fingerprint density at radius 3 is 2.57 bits per heavy atom. The minimum atomic E-state index is -1.43. The van der Waals surface area contributed by atoms with Gasteiger partial charge in [0.1, 0.15) is 29.0 Å². The molecule has 2 aromatic rings. The van der Waals surface area contributed by atoms with E-state index in [-0.39, 0.29) is 55.0 Å². The summed E-state index contributed by atoms with van der Waals surface area (Å²) in [4.78, 5) is 39.7. The summed E-state index contributed by atoms with van der Waals surface area (Å²) in [5, 5.41) is 48.0. The molecule has 0 saturated heterocycles. The minimum absolute atomic E-state index is 0.00651. The third-order valence-electron chi connectivity index (χ3n) is 12.0. The highest BCUT2D eigenvalue weighted by Gasteiger charge is 2.53. The van der Waals surface area contributed by atoms with E-state index in [1.165, 1.54) is 6.07 Å². The van der Waals surface area contributed by atoms with Crippen molar-refractivity contribution in [1.29, 1.82) is 0 Å². The molecule has 10 heteroatoms. The predicted octanol–water partition coefficient (Wildman–Crippen LogP) is 6.29. The summed E-state index contributed by atoms with van der Waals surface area (Å²) >= 11 is 0. The van der Waals surface area contributed by atoms with Gasteiger partial charge in [-0.15, -0.1) is 0 Å². The highest BCUT2D eigenvalue weighted by molar-refractivity contribution is 5.89. The first-order valence-electron chi connectivity index (χ1n) is 19.8. The molecular formula is C44H55NO9. The van der Waals surface area contributed by atoms with Crippen molar-refractivity contribution in [2.45, 2.75) is 140 Å². The van der Waals surface area contributed by atoms with Crippen LogP contribution in [0.15, 0.2) is 35.9 Å². The van der Waals surface area contributed by atoms with Gasteiger partial charge in [0.25, 0.3) is 0 Å². The number of phenols is 1. The van der Waals surface area contributed by atoms with Gasteiger partial charge in [-0.2, -0.15) is 0 Å². The molecule has 2 aromatic carbocycles. The van der Waals surface area contributed by atoms with Crippen molar-refractivity contribution in [3.8, 4) is 23.3 Å². The minimum Gasteiger partial charge on any atom is -0.508 e. The van der Waals surface area contributed by atoms with Gasteiger partial charge in [0.15, 0.2) is 0 Å². The first-order valence-corrected chi connectivity index (χ1v) is 19.8. The summed E-state index contributed by atoms with van der Waals surface area (Å²) in [6.07, 6.45) is 7.10. The van der Waals surface area contributed by atoms with Crippen LogP contribution in [-0.4, -0.2) is 62.5 Å². The Balaban J connectivity index is 1.47. The lowest BCUT2D eigenvalue weighted by Gasteiger charge is -2.50. The number of aliphatic hydroxyl groups is 3. The number of esters is 2. The predicted molar refractivity (Wildman–Crippen MR) is 204 cm³/mol. The van der Waals surface area contributed by atoms with Gasteiger partial charge < -0.3 is 35.2 Å². The summed E-state index contributed by atoms with van der Waals surface area (Å²) in [6, 6.07) is 7.07. The van der Waals surface area contributed by atoms with E-state index in [0.29, 0.717) is 55.3 Å². The van der Waals surface area contributed by atoms with Gasteiger partial charge in [-0.05, 0) is 98.6 Å². The quantitative estimate of drug-likeness (QED) is 0.0615. The second-order valence-corrected chi connectivity index (χ2v) is 15.8. The molecule has 0 amide bonds. The van der Waals surface area contributed by atoms with Gasteiger partial charge in [0.05, 0.1) is 25.0 Å². The smallest absolute Gasteiger partial charge is 0.334 e. The molecule has 4 aliphatic rings. The number of nitrogens with one attached hydrogen (secondary N) is 1. The van der Waals surface area contributed by atoms with E-state index < -0.39 is 41.6 Å². The van der Waals surface area contributed by atoms with Crippen LogP contribution in [0.4, 0.5) is 5.69 Å². The zero-order valence-electron chi connectivity index (χ0n) is 31.8. The fraction of sp³-hybridized carbons (Fsp3) is 0.568. The Bertz CT molecular complexity index is 1840. The van der Waals surface area contributed by atoms with Gasteiger partial charge in [-0.25, -0.2) is 4.79 Å². The number of anilines is 1. The van der Waals surface area contributed by atoms with Crippen LogP contribution in [-0.2, 0) is 38.6 Å². The number of carbonyl (C=O) groups excluding carboxylic acids is 3. The summed E-state index contributed by atoms with van der Waals surface area (Å²) in [5.41, 5.74) is 3.23. The maximum Gasteiger partial charge on any atom is 0.334 e. The standard InChI is InChI=1S/C44H55NO9/c1-4-6-7-10-35-33(25-46)17-31(20-38(35)45-24-26(3)47)28-11-12-29-22-42(50)53-40-23-39(49)32(19-36(29)40)21-41(54-43(51)27(5-2)16-28)44(52)15-8-9-30-18-34(48)13-14-37(30)44/h5,17,19-20,23,26,28-30,37,41,45-47,49,52H,4,6-10,13-16,18,21-22,24-25H2,1-3H3. The molecule has 5 N–H and O–H groups in total. The Morgan fingerprint density at radius 2 is 1.83 bits per heavy atom. The Kier molecular flexibility index (Phi) is 12.5. The van der Waals surface area contributed by atoms with Crippen LogP contribution >= 0.6 is 0 Å². The number of rotatable bonds is 10. The van der Waals surface area contributed by atoms with E-state index in [4.69, 9.17) is 9.47 Å². The van der Waals surface area contributed by atoms with Gasteiger partial charge in [-0.1, -0.05) is 50.2 Å². The zero-order chi connectivity index (χ0) is 38.6. The third kappa shape index (κ3) is 8.54. The molecule has 10 nitrogen and oxygen atoms in total. The molecule has 2 aliphatic carbocycles. The summed E-state index contributed by atoms with van der Waals surface area (Å²) in [7, 11) is 0. The number of hydrogen-bond donors (Lipinski definition) is 5. The molecule has 2 bridgehead atoms. The molecule has 0 aromatic heterocycles. The van der Waals surface area contributed by atoms with Crippen molar-refractivity contribution in [2.24, 2.45) is 11.8 Å². The average molecular weight is 742 g/mol. The van der Waals surface area contributed by atoms with Gasteiger partial charge >= 0.3 is 11.9 Å². The first-order chi connectivity index (χ1) is 25.9. The van der Waals surface area contributed by atoms with Crippen molar-refractivity contribution in [2.75, 3.05) is 11.9 Å². The van der Waals surface area contributed by atoms with Crippen LogP contribution < -0.4 is 10.1 Å². The summed E-state index contributed by atoms with van der Waals surface area (Å²) < 4.78 is 12.0. The number of unbranched alkanes of at least 4 members (excludes halogenated alkanes) is 2. The maximum absolute atomic E-state index is 14.3. The van der Waals surface area contributed by atoms with E-state index >= 15 is 0 Å². The second-order valence-electron chi connectivity index (χ2n) is 15.8. The van der Waals surface area contributed by atoms with Crippen molar-refractivity contribution in [3.05, 3.63) is 63.7 Å². The van der Waals surface area contributed by atoms with Crippen LogP contribution in [0.5, 0.6) is 11.5 Å². The number of aromatic hydroxyl groups is 1. The van der Waals surface area contributed by atoms with E-state index in [1.807, 2.05) is 12.1 Å². The number of carbonyl (C=O) groups is 3. The fourth-order valence-corrected chi connectivity index (χ4v) is 9.09. The highest BCUT2D eigenvalue weighted by Crippen LogP contribution is 2.49. The lowest BCUT2D eigenvalue weighted by molar-refractivity contribution is -0.187. The molecule has 2 heterocycles. The van der Waals surface area contributed by atoms with Gasteiger partial charge in [0.2, 0.25) is 0 Å². The van der Waals surface area contributed by atoms with E-state index in [9.17, 15) is 34.8 Å². The number of aliphatic hydroxyl groups excluding tert-OH is 2. The van der Waals surface area contributed by atoms with E-state index in [1.54, 1.807) is 26.0 Å². The van der Waals surface area contributed by atoms with E-state index in [2.05, 4.69) is 24.1 Å². The molecule has 7 atom stereocenters. The molecule has 6 rings (SSSR count). The Morgan fingerprint density at radius 1 is 1.04 bits per heavy atom. The Hall–Kier alpha value is -4.17. The highest BCUT2D eigenvalue weighted by atomic mass is 16.6. The van der Waals surface area contributed by atoms with Crippen LogP contribution in [0.2, 0.25) is 0 Å². The summed E-state index contributed by atoms with van der Waals surface area (Å²) in [6.45, 7) is 5.69. The molecule has 0 radical (unpaired) electrons. The number of benzene rings is 2. The first kappa shape index (κ1) is 39.5. The maximum atomic E-state index is 14.3. The fourth-order valence-electron chi connectivity index (χ4n) is 9.09. The molecule has 2 fully saturated rings. The van der Waals surface area contributed by atoms with Crippen molar-refractivity contribution in [3.63, 3.8) is 0 Å². The van der Waals surface area contributed by atoms with Crippen LogP contribution in [0.25, 0.3) is 0 Å². The van der Waals surface area contributed by atoms with E-state index in [0.717, 1.165) is 54.5 Å². The SMILES string of the molecule is CC=C1CC(c2cc(CO)c(CCCCC)c(NCC(C)O)c2)C#CC2CC(=O)Oc3cc(O)c(cc32)CC(C2(O)CCCC3CC(=O)CCC32)OC1=O. The number of fused-ring (bicyclic) bond motifs is 2. The second kappa shape index (κ2) is 17.1. The largest absolute Gasteiger partial charge is 0.508 e. The Labute approximate surface area is 318 Å². The van der Waals surface area contributed by atoms with Crippen LogP contribution in [0.3, 0.4) is 0 Å². The number of allylic oxidation sites excluding steroid dienone is 1. The number of Topliss-reactive ketones (excluding diaryl/α,β-unsaturated/α-hetero) is 1. The van der Waals surface area contributed by atoms with Gasteiger partial charge in [-0.3, -0.25) is 9.59 Å². The lowest BCUT2D eigenvalue weighted by Crippen LogP contribution is -2.57. The molecular weight excluding hydrogens is 686 g/mol. The molecule has 290 valence electrons. The number of hydrogen-bond acceptors (Lipinski definition) is 10. The molecule has 7 unspecified atom stereocenters. The van der Waals surface area contributed by atoms with Crippen molar-refractivity contribution >= 4 is 23.4 Å². The average Bonchev–Trinajstić information content (AvgIpc) is 3.14.